The highest BCUT2D eigenvalue weighted by Gasteiger charge is 2.74. The van der Waals surface area contributed by atoms with Gasteiger partial charge in [0.05, 0.1) is 12.7 Å². The molecule has 0 spiro atoms. The fourth-order valence-electron chi connectivity index (χ4n) is 5.18. The third kappa shape index (κ3) is 1.71. The molecule has 0 amide bonds. The van der Waals surface area contributed by atoms with Crippen LogP contribution in [-0.2, 0) is 9.53 Å². The molecule has 0 bridgehead atoms. The monoisotopic (exact) mass is 280 g/mol. The van der Waals surface area contributed by atoms with Gasteiger partial charge >= 0.3 is 5.97 Å². The topological polar surface area (TPSA) is 46.5 Å². The molecule has 0 heterocycles. The number of hydrogen-bond acceptors (Lipinski definition) is 3. The Balaban J connectivity index is 2.60. The summed E-state index contributed by atoms with van der Waals surface area (Å²) in [4.78, 5) is 12.8. The fraction of sp³-hybridized carbons (Fsp3) is 0.824. The summed E-state index contributed by atoms with van der Waals surface area (Å²) in [6.45, 7) is 14.5. The first-order valence-electron chi connectivity index (χ1n) is 7.64. The fourth-order valence-corrected chi connectivity index (χ4v) is 5.18. The highest BCUT2D eigenvalue weighted by molar-refractivity contribution is 5.81. The molecule has 1 N–H and O–H groups in total. The van der Waals surface area contributed by atoms with E-state index in [9.17, 15) is 9.90 Å². The Morgan fingerprint density at radius 3 is 2.50 bits per heavy atom. The van der Waals surface area contributed by atoms with Crippen LogP contribution in [0, 0.1) is 22.2 Å². The van der Waals surface area contributed by atoms with E-state index in [1.54, 1.807) is 0 Å². The van der Waals surface area contributed by atoms with Crippen LogP contribution in [0.5, 0.6) is 0 Å². The molecule has 0 radical (unpaired) electrons. The maximum atomic E-state index is 12.8. The quantitative estimate of drug-likeness (QED) is 0.637. The Morgan fingerprint density at radius 2 is 2.00 bits per heavy atom. The molecule has 0 aromatic rings. The normalized spacial score (nSPS) is 42.3. The summed E-state index contributed by atoms with van der Waals surface area (Å²) in [6.07, 6.45) is 2.04. The summed E-state index contributed by atoms with van der Waals surface area (Å²) in [5.74, 6) is -0.214. The average molecular weight is 280 g/mol. The number of carbonyl (C=O) groups is 1. The van der Waals surface area contributed by atoms with E-state index in [2.05, 4.69) is 27.4 Å². The first kappa shape index (κ1) is 15.6. The van der Waals surface area contributed by atoms with Crippen molar-refractivity contribution in [2.45, 2.75) is 60.0 Å². The van der Waals surface area contributed by atoms with Crippen molar-refractivity contribution in [2.24, 2.45) is 22.2 Å². The lowest BCUT2D eigenvalue weighted by molar-refractivity contribution is -0.173. The zero-order valence-corrected chi connectivity index (χ0v) is 13.5. The molecular weight excluding hydrogens is 252 g/mol. The molecule has 0 aromatic carbocycles. The van der Waals surface area contributed by atoms with Gasteiger partial charge in [-0.3, -0.25) is 4.79 Å². The van der Waals surface area contributed by atoms with Crippen molar-refractivity contribution in [1.82, 2.24) is 0 Å². The largest absolute Gasteiger partial charge is 0.465 e. The SMILES string of the molecule is C=C(C)[C@H]1CC[C@@]2(C)CC(C)(C)[C@@H](O)[C@@]12C(=O)OCC. The molecule has 4 atom stereocenters. The Morgan fingerprint density at radius 1 is 1.40 bits per heavy atom. The Labute approximate surface area is 122 Å². The molecule has 3 heteroatoms. The number of hydrogen-bond donors (Lipinski definition) is 1. The predicted molar refractivity (Wildman–Crippen MR) is 79.1 cm³/mol. The van der Waals surface area contributed by atoms with Gasteiger partial charge in [-0.25, -0.2) is 0 Å². The summed E-state index contributed by atoms with van der Waals surface area (Å²) < 4.78 is 5.40. The van der Waals surface area contributed by atoms with E-state index in [0.717, 1.165) is 24.8 Å². The van der Waals surface area contributed by atoms with Crippen LogP contribution in [-0.4, -0.2) is 23.8 Å². The summed E-state index contributed by atoms with van der Waals surface area (Å²) in [6, 6.07) is 0. The summed E-state index contributed by atoms with van der Waals surface area (Å²) in [7, 11) is 0. The van der Waals surface area contributed by atoms with E-state index >= 15 is 0 Å². The molecule has 0 unspecified atom stereocenters. The Hall–Kier alpha value is -0.830. The second-order valence-electron chi connectivity index (χ2n) is 7.66. The number of allylic oxidation sites excluding steroid dienone is 1. The number of carbonyl (C=O) groups excluding carboxylic acids is 1. The van der Waals surface area contributed by atoms with Crippen molar-refractivity contribution in [3.63, 3.8) is 0 Å². The van der Waals surface area contributed by atoms with E-state index in [-0.39, 0.29) is 22.7 Å². The molecule has 2 aliphatic rings. The van der Waals surface area contributed by atoms with Crippen LogP contribution in [0.25, 0.3) is 0 Å². The number of esters is 1. The van der Waals surface area contributed by atoms with Gasteiger partial charge in [0, 0.05) is 0 Å². The van der Waals surface area contributed by atoms with E-state index in [1.807, 2.05) is 13.8 Å². The molecule has 20 heavy (non-hydrogen) atoms. The van der Waals surface area contributed by atoms with Gasteiger partial charge in [-0.2, -0.15) is 0 Å². The number of ether oxygens (including phenoxy) is 1. The molecule has 0 saturated heterocycles. The Kier molecular flexibility index (Phi) is 3.57. The smallest absolute Gasteiger partial charge is 0.315 e. The first-order chi connectivity index (χ1) is 9.13. The van der Waals surface area contributed by atoms with Crippen molar-refractivity contribution >= 4 is 5.97 Å². The third-order valence-corrected chi connectivity index (χ3v) is 5.76. The van der Waals surface area contributed by atoms with Crippen LogP contribution in [0.1, 0.15) is 53.9 Å². The predicted octanol–water partition coefficient (Wildman–Crippen LogP) is 3.32. The van der Waals surface area contributed by atoms with Crippen LogP contribution in [0.15, 0.2) is 12.2 Å². The summed E-state index contributed by atoms with van der Waals surface area (Å²) in [5, 5.41) is 11.0. The molecule has 3 nitrogen and oxygen atoms in total. The van der Waals surface area contributed by atoms with E-state index in [4.69, 9.17) is 4.74 Å². The van der Waals surface area contributed by atoms with Crippen LogP contribution < -0.4 is 0 Å². The molecule has 2 fully saturated rings. The maximum Gasteiger partial charge on any atom is 0.315 e. The van der Waals surface area contributed by atoms with Crippen LogP contribution >= 0.6 is 0 Å². The van der Waals surface area contributed by atoms with Crippen molar-refractivity contribution < 1.29 is 14.6 Å². The van der Waals surface area contributed by atoms with Gasteiger partial charge in [0.1, 0.15) is 5.41 Å². The minimum Gasteiger partial charge on any atom is -0.465 e. The van der Waals surface area contributed by atoms with Gasteiger partial charge in [0.25, 0.3) is 0 Å². The molecule has 0 aromatic heterocycles. The van der Waals surface area contributed by atoms with Crippen molar-refractivity contribution in [1.29, 1.82) is 0 Å². The Bertz CT molecular complexity index is 440. The number of rotatable bonds is 3. The highest BCUT2D eigenvalue weighted by Crippen LogP contribution is 2.71. The van der Waals surface area contributed by atoms with Gasteiger partial charge in [-0.05, 0) is 49.9 Å². The minimum atomic E-state index is -0.821. The molecule has 2 rings (SSSR count). The van der Waals surface area contributed by atoms with Gasteiger partial charge < -0.3 is 9.84 Å². The lowest BCUT2D eigenvalue weighted by atomic mass is 9.62. The van der Waals surface area contributed by atoms with Gasteiger partial charge in [-0.15, -0.1) is 0 Å². The minimum absolute atomic E-state index is 0.0170. The van der Waals surface area contributed by atoms with E-state index in [1.165, 1.54) is 0 Å². The van der Waals surface area contributed by atoms with E-state index in [0.29, 0.717) is 6.61 Å². The highest BCUT2D eigenvalue weighted by atomic mass is 16.5. The molecule has 2 saturated carbocycles. The molecule has 114 valence electrons. The second-order valence-corrected chi connectivity index (χ2v) is 7.66. The molecular formula is C17H28O3. The summed E-state index contributed by atoms with van der Waals surface area (Å²) in [5.41, 5.74) is -0.307. The zero-order valence-electron chi connectivity index (χ0n) is 13.5. The van der Waals surface area contributed by atoms with Crippen molar-refractivity contribution in [2.75, 3.05) is 6.61 Å². The standard InChI is InChI=1S/C17H28O3/c1-7-20-14(19)17-12(11(2)3)8-9-16(17,6)10-15(4,5)13(17)18/h12-13,18H,2,7-10H2,1,3-6H3/t12-,13-,16+,17-/m1/s1. The lowest BCUT2D eigenvalue weighted by Crippen LogP contribution is -2.52. The average Bonchev–Trinajstić information content (AvgIpc) is 2.68. The second kappa shape index (κ2) is 4.59. The summed E-state index contributed by atoms with van der Waals surface area (Å²) >= 11 is 0. The van der Waals surface area contributed by atoms with Crippen LogP contribution in [0.4, 0.5) is 0 Å². The van der Waals surface area contributed by atoms with Crippen LogP contribution in [0.3, 0.4) is 0 Å². The van der Waals surface area contributed by atoms with Gasteiger partial charge in [0.2, 0.25) is 0 Å². The van der Waals surface area contributed by atoms with Gasteiger partial charge in [0.15, 0.2) is 0 Å². The van der Waals surface area contributed by atoms with Gasteiger partial charge in [-0.1, -0.05) is 32.9 Å². The number of fused-ring (bicyclic) bond motifs is 1. The first-order valence-corrected chi connectivity index (χ1v) is 7.64. The van der Waals surface area contributed by atoms with Crippen molar-refractivity contribution in [3.05, 3.63) is 12.2 Å². The van der Waals surface area contributed by atoms with E-state index < -0.39 is 11.5 Å². The van der Waals surface area contributed by atoms with Crippen LogP contribution in [0.2, 0.25) is 0 Å². The maximum absolute atomic E-state index is 12.8. The third-order valence-electron chi connectivity index (χ3n) is 5.76. The zero-order chi connectivity index (χ0) is 15.3. The molecule has 0 aliphatic heterocycles. The lowest BCUT2D eigenvalue weighted by Gasteiger charge is -2.42. The number of aliphatic hydroxyl groups is 1. The number of aliphatic hydroxyl groups excluding tert-OH is 1. The van der Waals surface area contributed by atoms with Crippen molar-refractivity contribution in [3.8, 4) is 0 Å². The molecule has 2 aliphatic carbocycles.